The Balaban J connectivity index is 1.64. The van der Waals surface area contributed by atoms with Gasteiger partial charge in [-0.3, -0.25) is 9.59 Å². The topological polar surface area (TPSA) is 81.7 Å². The largest absolute Gasteiger partial charge is 0.497 e. The van der Waals surface area contributed by atoms with Crippen LogP contribution in [0.25, 0.3) is 11.0 Å². The molecule has 0 aliphatic heterocycles. The lowest BCUT2D eigenvalue weighted by Crippen LogP contribution is -2.10. The Kier molecular flexibility index (Phi) is 4.45. The highest BCUT2D eigenvalue weighted by Gasteiger charge is 2.20. The Labute approximate surface area is 160 Å². The van der Waals surface area contributed by atoms with Crippen molar-refractivity contribution in [1.29, 1.82) is 0 Å². The molecule has 6 heteroatoms. The molecule has 6 nitrogen and oxygen atoms in total. The van der Waals surface area contributed by atoms with E-state index in [-0.39, 0.29) is 23.2 Å². The van der Waals surface area contributed by atoms with Crippen molar-refractivity contribution >= 4 is 28.3 Å². The van der Waals surface area contributed by atoms with Crippen LogP contribution in [0.5, 0.6) is 5.75 Å². The van der Waals surface area contributed by atoms with Crippen molar-refractivity contribution in [1.82, 2.24) is 0 Å². The second kappa shape index (κ2) is 7.08. The highest BCUT2D eigenvalue weighted by molar-refractivity contribution is 6.11. The molecule has 2 heterocycles. The van der Waals surface area contributed by atoms with Gasteiger partial charge in [0, 0.05) is 28.3 Å². The number of nitrogens with one attached hydrogen (secondary N) is 1. The van der Waals surface area contributed by atoms with Crippen molar-refractivity contribution in [3.05, 3.63) is 83.5 Å². The minimum absolute atomic E-state index is 0.211. The van der Waals surface area contributed by atoms with E-state index < -0.39 is 0 Å². The third-order valence-corrected chi connectivity index (χ3v) is 4.50. The van der Waals surface area contributed by atoms with Crippen LogP contribution in [0.3, 0.4) is 0 Å². The molecular weight excluding hydrogens is 358 g/mol. The Morgan fingerprint density at radius 1 is 1.04 bits per heavy atom. The maximum absolute atomic E-state index is 12.8. The summed E-state index contributed by atoms with van der Waals surface area (Å²) in [5, 5.41) is 3.56. The van der Waals surface area contributed by atoms with E-state index in [1.54, 1.807) is 55.6 Å². The molecule has 0 unspecified atom stereocenters. The molecule has 0 aliphatic rings. The van der Waals surface area contributed by atoms with Crippen molar-refractivity contribution < 1.29 is 23.2 Å². The van der Waals surface area contributed by atoms with Gasteiger partial charge in [0.1, 0.15) is 11.3 Å². The zero-order chi connectivity index (χ0) is 19.7. The first-order valence-corrected chi connectivity index (χ1v) is 8.63. The monoisotopic (exact) mass is 375 g/mol. The fourth-order valence-corrected chi connectivity index (χ4v) is 2.99. The molecule has 0 spiro atoms. The Bertz CT molecular complexity index is 1150. The van der Waals surface area contributed by atoms with Gasteiger partial charge in [-0.15, -0.1) is 0 Å². The lowest BCUT2D eigenvalue weighted by molar-refractivity contribution is 0.0993. The van der Waals surface area contributed by atoms with E-state index in [0.717, 1.165) is 10.9 Å². The molecule has 0 saturated heterocycles. The molecule has 4 rings (SSSR count). The van der Waals surface area contributed by atoms with Crippen molar-refractivity contribution in [2.24, 2.45) is 0 Å². The summed E-state index contributed by atoms with van der Waals surface area (Å²) in [5.74, 6) is 0.593. The van der Waals surface area contributed by atoms with E-state index in [2.05, 4.69) is 5.32 Å². The first kappa shape index (κ1) is 17.6. The highest BCUT2D eigenvalue weighted by atomic mass is 16.5. The number of carbonyl (C=O) groups is 2. The molecule has 2 aromatic carbocycles. The van der Waals surface area contributed by atoms with Crippen LogP contribution in [-0.4, -0.2) is 18.8 Å². The number of aryl methyl sites for hydroxylation is 1. The summed E-state index contributed by atoms with van der Waals surface area (Å²) in [5.41, 5.74) is 2.33. The van der Waals surface area contributed by atoms with Crippen molar-refractivity contribution in [3.8, 4) is 5.75 Å². The van der Waals surface area contributed by atoms with Crippen LogP contribution in [0.1, 0.15) is 32.2 Å². The highest BCUT2D eigenvalue weighted by Crippen LogP contribution is 2.30. The average Bonchev–Trinajstić information content (AvgIpc) is 3.36. The van der Waals surface area contributed by atoms with Gasteiger partial charge < -0.3 is 18.9 Å². The van der Waals surface area contributed by atoms with Crippen LogP contribution in [-0.2, 0) is 0 Å². The zero-order valence-corrected chi connectivity index (χ0v) is 15.3. The third-order valence-electron chi connectivity index (χ3n) is 4.50. The first-order valence-electron chi connectivity index (χ1n) is 8.63. The number of ether oxygens (including phenoxy) is 1. The molecule has 0 fully saturated rings. The maximum Gasteiger partial charge on any atom is 0.291 e. The van der Waals surface area contributed by atoms with E-state index in [1.807, 2.05) is 13.0 Å². The zero-order valence-electron chi connectivity index (χ0n) is 15.3. The molecule has 2 aromatic heterocycles. The number of ketones is 1. The molecular formula is C22H17NO5. The van der Waals surface area contributed by atoms with Gasteiger partial charge in [0.15, 0.2) is 11.5 Å². The van der Waals surface area contributed by atoms with Crippen molar-refractivity contribution in [3.63, 3.8) is 0 Å². The number of carbonyl (C=O) groups excluding carboxylic acids is 2. The lowest BCUT2D eigenvalue weighted by Gasteiger charge is -2.02. The Hall–Kier alpha value is -3.80. The number of methoxy groups -OCH3 is 1. The predicted molar refractivity (Wildman–Crippen MR) is 104 cm³/mol. The fraction of sp³-hybridized carbons (Fsp3) is 0.0909. The third kappa shape index (κ3) is 3.16. The summed E-state index contributed by atoms with van der Waals surface area (Å²) in [4.78, 5) is 25.0. The quantitative estimate of drug-likeness (QED) is 0.506. The molecule has 28 heavy (non-hydrogen) atoms. The maximum atomic E-state index is 12.8. The molecule has 0 radical (unpaired) electrons. The number of benzene rings is 2. The lowest BCUT2D eigenvalue weighted by atomic mass is 10.0. The van der Waals surface area contributed by atoms with Gasteiger partial charge in [-0.2, -0.15) is 0 Å². The van der Waals surface area contributed by atoms with Crippen LogP contribution in [0.2, 0.25) is 0 Å². The summed E-state index contributed by atoms with van der Waals surface area (Å²) >= 11 is 0. The summed E-state index contributed by atoms with van der Waals surface area (Å²) < 4.78 is 16.0. The summed E-state index contributed by atoms with van der Waals surface area (Å²) in [7, 11) is 1.57. The fourth-order valence-electron chi connectivity index (χ4n) is 2.99. The van der Waals surface area contributed by atoms with Gasteiger partial charge >= 0.3 is 0 Å². The van der Waals surface area contributed by atoms with Crippen LogP contribution in [0.15, 0.2) is 69.7 Å². The minimum atomic E-state index is -0.359. The van der Waals surface area contributed by atoms with Gasteiger partial charge in [0.2, 0.25) is 5.78 Å². The SMILES string of the molecule is COc1ccc(C(=O)c2oc3cc(NC(=O)c4ccco4)ccc3c2C)cc1. The minimum Gasteiger partial charge on any atom is -0.497 e. The number of hydrogen-bond donors (Lipinski definition) is 1. The molecule has 1 amide bonds. The standard InChI is InChI=1S/C22H17NO5/c1-13-17-10-7-15(23-22(25)18-4-3-11-27-18)12-19(17)28-21(13)20(24)14-5-8-16(26-2)9-6-14/h3-12H,1-2H3,(H,23,25). The molecule has 1 N–H and O–H groups in total. The van der Waals surface area contributed by atoms with Gasteiger partial charge in [-0.1, -0.05) is 0 Å². The predicted octanol–water partition coefficient (Wildman–Crippen LogP) is 4.83. The molecule has 0 aliphatic carbocycles. The van der Waals surface area contributed by atoms with Crippen LogP contribution in [0, 0.1) is 6.92 Å². The van der Waals surface area contributed by atoms with Crippen LogP contribution >= 0.6 is 0 Å². The number of fused-ring (bicyclic) bond motifs is 1. The Morgan fingerprint density at radius 3 is 2.50 bits per heavy atom. The number of hydrogen-bond acceptors (Lipinski definition) is 5. The van der Waals surface area contributed by atoms with E-state index >= 15 is 0 Å². The van der Waals surface area contributed by atoms with Crippen LogP contribution < -0.4 is 10.1 Å². The smallest absolute Gasteiger partial charge is 0.291 e. The normalized spacial score (nSPS) is 10.8. The summed E-state index contributed by atoms with van der Waals surface area (Å²) in [6.45, 7) is 1.84. The van der Waals surface area contributed by atoms with Crippen molar-refractivity contribution in [2.75, 3.05) is 12.4 Å². The van der Waals surface area contributed by atoms with E-state index in [9.17, 15) is 9.59 Å². The molecule has 0 saturated carbocycles. The second-order valence-corrected chi connectivity index (χ2v) is 6.26. The van der Waals surface area contributed by atoms with Gasteiger partial charge in [-0.25, -0.2) is 0 Å². The van der Waals surface area contributed by atoms with Crippen molar-refractivity contribution in [2.45, 2.75) is 6.92 Å². The molecule has 140 valence electrons. The summed E-state index contributed by atoms with van der Waals surface area (Å²) in [6, 6.07) is 15.3. The molecule has 0 atom stereocenters. The summed E-state index contributed by atoms with van der Waals surface area (Å²) in [6.07, 6.45) is 1.44. The van der Waals surface area contributed by atoms with Gasteiger partial charge in [0.25, 0.3) is 5.91 Å². The number of anilines is 1. The molecule has 4 aromatic rings. The van der Waals surface area contributed by atoms with Crippen LogP contribution in [0.4, 0.5) is 5.69 Å². The number of rotatable bonds is 5. The van der Waals surface area contributed by atoms with Gasteiger partial charge in [0.05, 0.1) is 13.4 Å². The molecule has 0 bridgehead atoms. The van der Waals surface area contributed by atoms with E-state index in [4.69, 9.17) is 13.6 Å². The van der Waals surface area contributed by atoms with Gasteiger partial charge in [-0.05, 0) is 55.5 Å². The Morgan fingerprint density at radius 2 is 1.82 bits per heavy atom. The second-order valence-electron chi connectivity index (χ2n) is 6.26. The van der Waals surface area contributed by atoms with E-state index in [1.165, 1.54) is 6.26 Å². The number of amides is 1. The average molecular weight is 375 g/mol. The van der Waals surface area contributed by atoms with E-state index in [0.29, 0.717) is 22.6 Å². The number of furan rings is 2. The first-order chi connectivity index (χ1) is 13.6.